The molecule has 7 nitrogen and oxygen atoms in total. The first-order valence-electron chi connectivity index (χ1n) is 8.38. The molecule has 0 spiro atoms. The number of benzene rings is 2. The van der Waals surface area contributed by atoms with Gasteiger partial charge in [0.25, 0.3) is 0 Å². The van der Waals surface area contributed by atoms with E-state index in [4.69, 9.17) is 5.11 Å². The van der Waals surface area contributed by atoms with Gasteiger partial charge in [-0.1, -0.05) is 24.3 Å². The molecule has 8 heteroatoms. The standard InChI is InChI=1S/C19H22N2O5S/c1-13(19(23)24)15-6-8-16(9-7-15)21-18(22)12-5-14-3-10-17(11-4-14)27(25,26)20-2/h3-4,6-11,13,20H,5,12H2,1-2H3,(H,21,22)(H,23,24). The van der Waals surface area contributed by atoms with Crippen molar-refractivity contribution in [2.75, 3.05) is 12.4 Å². The molecule has 1 unspecified atom stereocenters. The maximum atomic E-state index is 12.1. The smallest absolute Gasteiger partial charge is 0.310 e. The highest BCUT2D eigenvalue weighted by Gasteiger charge is 2.13. The molecule has 27 heavy (non-hydrogen) atoms. The van der Waals surface area contributed by atoms with Crippen LogP contribution in [0.3, 0.4) is 0 Å². The van der Waals surface area contributed by atoms with Gasteiger partial charge in [-0.25, -0.2) is 13.1 Å². The molecule has 0 saturated carbocycles. The minimum atomic E-state index is -3.47. The van der Waals surface area contributed by atoms with Gasteiger partial charge in [-0.05, 0) is 55.8 Å². The van der Waals surface area contributed by atoms with Gasteiger partial charge in [0.1, 0.15) is 0 Å². The monoisotopic (exact) mass is 390 g/mol. The van der Waals surface area contributed by atoms with Gasteiger partial charge < -0.3 is 10.4 Å². The lowest BCUT2D eigenvalue weighted by atomic mass is 10.0. The fraction of sp³-hybridized carbons (Fsp3) is 0.263. The minimum Gasteiger partial charge on any atom is -0.481 e. The van der Waals surface area contributed by atoms with E-state index in [2.05, 4.69) is 10.0 Å². The molecule has 3 N–H and O–H groups in total. The van der Waals surface area contributed by atoms with E-state index >= 15 is 0 Å². The molecule has 2 aromatic rings. The summed E-state index contributed by atoms with van der Waals surface area (Å²) in [6, 6.07) is 13.1. The first-order valence-corrected chi connectivity index (χ1v) is 9.86. The predicted octanol–water partition coefficient (Wildman–Crippen LogP) is 2.35. The number of hydrogen-bond donors (Lipinski definition) is 3. The van der Waals surface area contributed by atoms with Crippen LogP contribution in [0.4, 0.5) is 5.69 Å². The Morgan fingerprint density at radius 1 is 1.04 bits per heavy atom. The number of hydrogen-bond acceptors (Lipinski definition) is 4. The van der Waals surface area contributed by atoms with Crippen LogP contribution in [-0.2, 0) is 26.0 Å². The van der Waals surface area contributed by atoms with Crippen LogP contribution in [-0.4, -0.2) is 32.4 Å². The number of carboxylic acid groups (broad SMARTS) is 1. The van der Waals surface area contributed by atoms with Crippen LogP contribution in [0.15, 0.2) is 53.4 Å². The molecular formula is C19H22N2O5S. The second kappa shape index (κ2) is 8.79. The van der Waals surface area contributed by atoms with Crippen molar-refractivity contribution < 1.29 is 23.1 Å². The van der Waals surface area contributed by atoms with E-state index in [1.54, 1.807) is 43.3 Å². The van der Waals surface area contributed by atoms with Gasteiger partial charge in [-0.15, -0.1) is 0 Å². The molecule has 1 atom stereocenters. The SMILES string of the molecule is CNS(=O)(=O)c1ccc(CCC(=O)Nc2ccc(C(C)C(=O)O)cc2)cc1. The number of aryl methyl sites for hydroxylation is 1. The Balaban J connectivity index is 1.90. The number of nitrogens with one attached hydrogen (secondary N) is 2. The third-order valence-corrected chi connectivity index (χ3v) is 5.64. The highest BCUT2D eigenvalue weighted by molar-refractivity contribution is 7.89. The van der Waals surface area contributed by atoms with E-state index in [0.29, 0.717) is 17.7 Å². The minimum absolute atomic E-state index is 0.175. The Hall–Kier alpha value is -2.71. The number of aliphatic carboxylic acids is 1. The number of rotatable bonds is 8. The Morgan fingerprint density at radius 3 is 2.15 bits per heavy atom. The van der Waals surface area contributed by atoms with E-state index in [9.17, 15) is 18.0 Å². The maximum Gasteiger partial charge on any atom is 0.310 e. The van der Waals surface area contributed by atoms with Crippen molar-refractivity contribution in [3.05, 3.63) is 59.7 Å². The lowest BCUT2D eigenvalue weighted by Gasteiger charge is -2.09. The van der Waals surface area contributed by atoms with E-state index in [1.165, 1.54) is 19.2 Å². The quantitative estimate of drug-likeness (QED) is 0.640. The van der Waals surface area contributed by atoms with Crippen LogP contribution in [0.2, 0.25) is 0 Å². The van der Waals surface area contributed by atoms with Gasteiger partial charge in [0.2, 0.25) is 15.9 Å². The highest BCUT2D eigenvalue weighted by atomic mass is 32.2. The Labute approximate surface area is 158 Å². The molecule has 0 aliphatic carbocycles. The van der Waals surface area contributed by atoms with Gasteiger partial charge >= 0.3 is 5.97 Å². The number of carbonyl (C=O) groups excluding carboxylic acids is 1. The summed E-state index contributed by atoms with van der Waals surface area (Å²) in [6.45, 7) is 1.60. The zero-order chi connectivity index (χ0) is 20.0. The molecule has 0 aliphatic rings. The largest absolute Gasteiger partial charge is 0.481 e. The molecule has 144 valence electrons. The maximum absolute atomic E-state index is 12.1. The van der Waals surface area contributed by atoms with E-state index in [-0.39, 0.29) is 17.2 Å². The molecule has 0 fully saturated rings. The van der Waals surface area contributed by atoms with Crippen molar-refractivity contribution in [1.82, 2.24) is 4.72 Å². The molecule has 2 rings (SSSR count). The van der Waals surface area contributed by atoms with Crippen molar-refractivity contribution >= 4 is 27.6 Å². The van der Waals surface area contributed by atoms with Crippen LogP contribution in [0.1, 0.15) is 30.4 Å². The fourth-order valence-corrected chi connectivity index (χ4v) is 3.16. The third kappa shape index (κ3) is 5.63. The van der Waals surface area contributed by atoms with Crippen molar-refractivity contribution in [2.45, 2.75) is 30.6 Å². The summed E-state index contributed by atoms with van der Waals surface area (Å²) in [5.74, 6) is -1.69. The van der Waals surface area contributed by atoms with Gasteiger partial charge in [0.05, 0.1) is 10.8 Å². The topological polar surface area (TPSA) is 113 Å². The van der Waals surface area contributed by atoms with Crippen molar-refractivity contribution in [1.29, 1.82) is 0 Å². The van der Waals surface area contributed by atoms with Crippen molar-refractivity contribution in [2.24, 2.45) is 0 Å². The number of carbonyl (C=O) groups is 2. The summed E-state index contributed by atoms with van der Waals surface area (Å²) in [7, 11) is -2.12. The average molecular weight is 390 g/mol. The first-order chi connectivity index (χ1) is 12.7. The summed E-state index contributed by atoms with van der Waals surface area (Å²) < 4.78 is 25.6. The van der Waals surface area contributed by atoms with E-state index in [0.717, 1.165) is 5.56 Å². The van der Waals surface area contributed by atoms with Crippen LogP contribution in [0.25, 0.3) is 0 Å². The molecule has 2 aromatic carbocycles. The Morgan fingerprint density at radius 2 is 1.63 bits per heavy atom. The fourth-order valence-electron chi connectivity index (χ4n) is 2.43. The van der Waals surface area contributed by atoms with Gasteiger partial charge in [0.15, 0.2) is 0 Å². The van der Waals surface area contributed by atoms with Crippen LogP contribution >= 0.6 is 0 Å². The summed E-state index contributed by atoms with van der Waals surface area (Å²) in [5, 5.41) is 11.8. The molecule has 0 aromatic heterocycles. The second-order valence-corrected chi connectivity index (χ2v) is 7.97. The summed E-state index contributed by atoms with van der Waals surface area (Å²) >= 11 is 0. The number of carboxylic acids is 1. The van der Waals surface area contributed by atoms with E-state index < -0.39 is 21.9 Å². The van der Waals surface area contributed by atoms with Crippen LogP contribution in [0.5, 0.6) is 0 Å². The second-order valence-electron chi connectivity index (χ2n) is 6.08. The molecule has 0 radical (unpaired) electrons. The molecular weight excluding hydrogens is 368 g/mol. The van der Waals surface area contributed by atoms with E-state index in [1.807, 2.05) is 0 Å². The third-order valence-electron chi connectivity index (χ3n) is 4.21. The van der Waals surface area contributed by atoms with Crippen LogP contribution < -0.4 is 10.0 Å². The first kappa shape index (κ1) is 20.6. The van der Waals surface area contributed by atoms with Crippen molar-refractivity contribution in [3.63, 3.8) is 0 Å². The van der Waals surface area contributed by atoms with Crippen LogP contribution in [0, 0.1) is 0 Å². The molecule has 0 heterocycles. The Bertz CT molecular complexity index is 906. The molecule has 1 amide bonds. The van der Waals surface area contributed by atoms with Gasteiger partial charge in [0, 0.05) is 12.1 Å². The average Bonchev–Trinajstić information content (AvgIpc) is 2.66. The lowest BCUT2D eigenvalue weighted by molar-refractivity contribution is -0.138. The summed E-state index contributed by atoms with van der Waals surface area (Å²) in [6.07, 6.45) is 0.714. The number of amides is 1. The molecule has 0 bridgehead atoms. The zero-order valence-corrected chi connectivity index (χ0v) is 15.9. The highest BCUT2D eigenvalue weighted by Crippen LogP contribution is 2.18. The summed E-state index contributed by atoms with van der Waals surface area (Å²) in [5.41, 5.74) is 2.11. The summed E-state index contributed by atoms with van der Waals surface area (Å²) in [4.78, 5) is 23.2. The molecule has 0 aliphatic heterocycles. The predicted molar refractivity (Wildman–Crippen MR) is 102 cm³/mol. The van der Waals surface area contributed by atoms with Gasteiger partial charge in [-0.2, -0.15) is 0 Å². The number of anilines is 1. The lowest BCUT2D eigenvalue weighted by Crippen LogP contribution is -2.18. The Kier molecular flexibility index (Phi) is 6.70. The normalized spacial score (nSPS) is 12.4. The number of sulfonamides is 1. The zero-order valence-electron chi connectivity index (χ0n) is 15.1. The van der Waals surface area contributed by atoms with Gasteiger partial charge in [-0.3, -0.25) is 9.59 Å². The molecule has 0 saturated heterocycles. The van der Waals surface area contributed by atoms with Crippen molar-refractivity contribution in [3.8, 4) is 0 Å².